The molecule has 2 aromatic rings. The molecule has 0 unspecified atom stereocenters. The van der Waals surface area contributed by atoms with E-state index in [2.05, 4.69) is 5.32 Å². The van der Waals surface area contributed by atoms with Crippen LogP contribution in [0.1, 0.15) is 29.8 Å². The molecule has 0 saturated carbocycles. The number of carbonyl (C=O) groups excluding carboxylic acids is 1. The van der Waals surface area contributed by atoms with E-state index in [-0.39, 0.29) is 36.2 Å². The molecule has 0 radical (unpaired) electrons. The number of hydrogen-bond acceptors (Lipinski definition) is 2. The van der Waals surface area contributed by atoms with Crippen LogP contribution in [-0.2, 0) is 0 Å². The number of nitrogens with one attached hydrogen (secondary N) is 1. The van der Waals surface area contributed by atoms with E-state index in [4.69, 9.17) is 5.73 Å². The SMILES string of the molecule is Cc1cc(F)ccc1-c1ccc(C(=O)NC(C)(C)CN)cc1F.Cl. The average molecular weight is 355 g/mol. The molecule has 0 aliphatic heterocycles. The van der Waals surface area contributed by atoms with E-state index in [1.165, 1.54) is 30.3 Å². The first kappa shape index (κ1) is 20.1. The fraction of sp³-hybridized carbons (Fsp3) is 0.278. The number of halogens is 3. The summed E-state index contributed by atoms with van der Waals surface area (Å²) in [7, 11) is 0. The smallest absolute Gasteiger partial charge is 0.251 e. The lowest BCUT2D eigenvalue weighted by Crippen LogP contribution is -2.48. The molecule has 0 atom stereocenters. The van der Waals surface area contributed by atoms with Gasteiger partial charge in [-0.05, 0) is 56.2 Å². The third-order valence-corrected chi connectivity index (χ3v) is 3.67. The molecule has 0 heterocycles. The van der Waals surface area contributed by atoms with Gasteiger partial charge < -0.3 is 11.1 Å². The largest absolute Gasteiger partial charge is 0.346 e. The van der Waals surface area contributed by atoms with Crippen LogP contribution in [0.5, 0.6) is 0 Å². The van der Waals surface area contributed by atoms with Crippen molar-refractivity contribution in [2.24, 2.45) is 5.73 Å². The Morgan fingerprint density at radius 1 is 1.12 bits per heavy atom. The summed E-state index contributed by atoms with van der Waals surface area (Å²) in [6, 6.07) is 8.41. The molecular weight excluding hydrogens is 334 g/mol. The van der Waals surface area contributed by atoms with E-state index in [0.717, 1.165) is 0 Å². The van der Waals surface area contributed by atoms with Crippen molar-refractivity contribution in [1.29, 1.82) is 0 Å². The molecule has 1 amide bonds. The van der Waals surface area contributed by atoms with Gasteiger partial charge in [-0.2, -0.15) is 0 Å². The van der Waals surface area contributed by atoms with Crippen molar-refractivity contribution in [3.63, 3.8) is 0 Å². The van der Waals surface area contributed by atoms with Crippen LogP contribution < -0.4 is 11.1 Å². The third-order valence-electron chi connectivity index (χ3n) is 3.67. The molecule has 0 aromatic heterocycles. The molecule has 0 saturated heterocycles. The van der Waals surface area contributed by atoms with E-state index in [9.17, 15) is 13.6 Å². The molecule has 0 bridgehead atoms. The van der Waals surface area contributed by atoms with Crippen molar-refractivity contribution < 1.29 is 13.6 Å². The Morgan fingerprint density at radius 3 is 2.29 bits per heavy atom. The van der Waals surface area contributed by atoms with Crippen LogP contribution in [0, 0.1) is 18.6 Å². The summed E-state index contributed by atoms with van der Waals surface area (Å²) in [5.41, 5.74) is 6.77. The first-order valence-electron chi connectivity index (χ1n) is 7.32. The summed E-state index contributed by atoms with van der Waals surface area (Å²) in [4.78, 5) is 12.1. The molecule has 24 heavy (non-hydrogen) atoms. The highest BCUT2D eigenvalue weighted by molar-refractivity contribution is 5.95. The van der Waals surface area contributed by atoms with Gasteiger partial charge in [-0.3, -0.25) is 4.79 Å². The van der Waals surface area contributed by atoms with Gasteiger partial charge in [0.2, 0.25) is 0 Å². The van der Waals surface area contributed by atoms with Gasteiger partial charge in [-0.25, -0.2) is 8.78 Å². The number of rotatable bonds is 4. The number of benzene rings is 2. The van der Waals surface area contributed by atoms with E-state index >= 15 is 0 Å². The van der Waals surface area contributed by atoms with Gasteiger partial charge in [0, 0.05) is 23.2 Å². The minimum atomic E-state index is -0.570. The van der Waals surface area contributed by atoms with Crippen molar-refractivity contribution in [3.8, 4) is 11.1 Å². The monoisotopic (exact) mass is 354 g/mol. The van der Waals surface area contributed by atoms with Crippen molar-refractivity contribution in [3.05, 3.63) is 59.2 Å². The second-order valence-corrected chi connectivity index (χ2v) is 6.20. The summed E-state index contributed by atoms with van der Waals surface area (Å²) in [6.07, 6.45) is 0. The Hall–Kier alpha value is -1.98. The second-order valence-electron chi connectivity index (χ2n) is 6.20. The quantitative estimate of drug-likeness (QED) is 0.876. The molecule has 130 valence electrons. The molecular formula is C18H21ClF2N2O. The van der Waals surface area contributed by atoms with E-state index in [1.54, 1.807) is 26.8 Å². The lowest BCUT2D eigenvalue weighted by molar-refractivity contribution is 0.0915. The highest BCUT2D eigenvalue weighted by Crippen LogP contribution is 2.27. The Morgan fingerprint density at radius 2 is 1.75 bits per heavy atom. The van der Waals surface area contributed by atoms with Crippen LogP contribution in [-0.4, -0.2) is 18.0 Å². The van der Waals surface area contributed by atoms with E-state index < -0.39 is 11.4 Å². The first-order valence-corrected chi connectivity index (χ1v) is 7.32. The van der Waals surface area contributed by atoms with Gasteiger partial charge in [-0.15, -0.1) is 12.4 Å². The van der Waals surface area contributed by atoms with Crippen LogP contribution in [0.4, 0.5) is 8.78 Å². The first-order chi connectivity index (χ1) is 10.7. The topological polar surface area (TPSA) is 55.1 Å². The molecule has 3 N–H and O–H groups in total. The summed E-state index contributed by atoms with van der Waals surface area (Å²) in [5, 5.41) is 2.75. The van der Waals surface area contributed by atoms with Crippen LogP contribution >= 0.6 is 12.4 Å². The normalized spacial score (nSPS) is 10.9. The van der Waals surface area contributed by atoms with E-state index in [0.29, 0.717) is 16.7 Å². The molecule has 0 spiro atoms. The fourth-order valence-electron chi connectivity index (χ4n) is 2.23. The van der Waals surface area contributed by atoms with Crippen LogP contribution in [0.25, 0.3) is 11.1 Å². The standard InChI is InChI=1S/C18H20F2N2O.ClH/c1-11-8-13(19)5-7-14(11)15-6-4-12(9-16(15)20)17(23)22-18(2,3)10-21;/h4-9H,10,21H2,1-3H3,(H,22,23);1H. The van der Waals surface area contributed by atoms with Gasteiger partial charge in [0.1, 0.15) is 11.6 Å². The summed E-state index contributed by atoms with van der Waals surface area (Å²) in [6.45, 7) is 5.56. The van der Waals surface area contributed by atoms with Crippen molar-refractivity contribution in [2.75, 3.05) is 6.54 Å². The van der Waals surface area contributed by atoms with Crippen LogP contribution in [0.2, 0.25) is 0 Å². The zero-order chi connectivity index (χ0) is 17.2. The third kappa shape index (κ3) is 4.52. The average Bonchev–Trinajstić information content (AvgIpc) is 2.47. The Kier molecular flexibility index (Phi) is 6.46. The predicted octanol–water partition coefficient (Wildman–Crippen LogP) is 3.83. The molecule has 0 aliphatic carbocycles. The number of hydrogen-bond donors (Lipinski definition) is 2. The second kappa shape index (κ2) is 7.73. The summed E-state index contributed by atoms with van der Waals surface area (Å²) < 4.78 is 27.6. The zero-order valence-electron chi connectivity index (χ0n) is 13.8. The highest BCUT2D eigenvalue weighted by Gasteiger charge is 2.20. The highest BCUT2D eigenvalue weighted by atomic mass is 35.5. The minimum absolute atomic E-state index is 0. The zero-order valence-corrected chi connectivity index (χ0v) is 14.6. The Balaban J connectivity index is 0.00000288. The summed E-state index contributed by atoms with van der Waals surface area (Å²) >= 11 is 0. The fourth-order valence-corrected chi connectivity index (χ4v) is 2.23. The molecule has 6 heteroatoms. The number of carbonyl (C=O) groups is 1. The number of amides is 1. The lowest BCUT2D eigenvalue weighted by atomic mass is 9.98. The van der Waals surface area contributed by atoms with Gasteiger partial charge in [-0.1, -0.05) is 12.1 Å². The van der Waals surface area contributed by atoms with Gasteiger partial charge >= 0.3 is 0 Å². The number of nitrogens with two attached hydrogens (primary N) is 1. The molecule has 0 aliphatic rings. The van der Waals surface area contributed by atoms with Crippen molar-refractivity contribution >= 4 is 18.3 Å². The Bertz CT molecular complexity index is 748. The van der Waals surface area contributed by atoms with Gasteiger partial charge in [0.15, 0.2) is 0 Å². The van der Waals surface area contributed by atoms with Crippen LogP contribution in [0.3, 0.4) is 0 Å². The van der Waals surface area contributed by atoms with Crippen molar-refractivity contribution in [2.45, 2.75) is 26.3 Å². The number of aryl methyl sites for hydroxylation is 1. The van der Waals surface area contributed by atoms with Crippen molar-refractivity contribution in [1.82, 2.24) is 5.32 Å². The predicted molar refractivity (Wildman–Crippen MR) is 94.4 cm³/mol. The molecule has 0 fully saturated rings. The maximum atomic E-state index is 14.4. The van der Waals surface area contributed by atoms with Gasteiger partial charge in [0.05, 0.1) is 0 Å². The maximum absolute atomic E-state index is 14.4. The van der Waals surface area contributed by atoms with E-state index in [1.807, 2.05) is 0 Å². The Labute approximate surface area is 146 Å². The van der Waals surface area contributed by atoms with Crippen LogP contribution in [0.15, 0.2) is 36.4 Å². The molecule has 2 rings (SSSR count). The maximum Gasteiger partial charge on any atom is 0.251 e. The lowest BCUT2D eigenvalue weighted by Gasteiger charge is -2.24. The molecule has 2 aromatic carbocycles. The summed E-state index contributed by atoms with van der Waals surface area (Å²) in [5.74, 6) is -1.29. The minimum Gasteiger partial charge on any atom is -0.346 e. The molecule has 3 nitrogen and oxygen atoms in total. The van der Waals surface area contributed by atoms with Gasteiger partial charge in [0.25, 0.3) is 5.91 Å².